The standard InChI is InChI=1S/C16H22N4S/c1-12(20-9-4-5-10-20)13-7-6-8-14(11-13)15-17-16(18-21-15)19(2)3/h6-8,11-12H,4-5,9-10H2,1-3H3. The molecule has 5 heteroatoms. The van der Waals surface area contributed by atoms with Crippen LogP contribution in [0.3, 0.4) is 0 Å². The van der Waals surface area contributed by atoms with Crippen molar-refractivity contribution in [3.05, 3.63) is 29.8 Å². The Morgan fingerprint density at radius 2 is 2.00 bits per heavy atom. The Labute approximate surface area is 130 Å². The van der Waals surface area contributed by atoms with Crippen LogP contribution in [-0.4, -0.2) is 41.4 Å². The molecule has 0 saturated carbocycles. The quantitative estimate of drug-likeness (QED) is 0.866. The van der Waals surface area contributed by atoms with Crippen LogP contribution >= 0.6 is 11.5 Å². The zero-order valence-corrected chi connectivity index (χ0v) is 13.7. The zero-order valence-electron chi connectivity index (χ0n) is 12.9. The molecule has 0 radical (unpaired) electrons. The minimum absolute atomic E-state index is 0.480. The van der Waals surface area contributed by atoms with Crippen LogP contribution in [0, 0.1) is 0 Å². The number of hydrogen-bond donors (Lipinski definition) is 0. The predicted octanol–water partition coefficient (Wildman–Crippen LogP) is 3.43. The van der Waals surface area contributed by atoms with Crippen molar-refractivity contribution >= 4 is 17.5 Å². The number of hydrogen-bond acceptors (Lipinski definition) is 5. The number of nitrogens with zero attached hydrogens (tertiary/aromatic N) is 4. The fraction of sp³-hybridized carbons (Fsp3) is 0.500. The molecule has 0 amide bonds. The van der Waals surface area contributed by atoms with Crippen molar-refractivity contribution in [3.8, 4) is 10.6 Å². The average molecular weight is 302 g/mol. The lowest BCUT2D eigenvalue weighted by Crippen LogP contribution is -2.23. The van der Waals surface area contributed by atoms with Crippen molar-refractivity contribution in [1.29, 1.82) is 0 Å². The molecule has 4 nitrogen and oxygen atoms in total. The van der Waals surface area contributed by atoms with Crippen LogP contribution in [0.1, 0.15) is 31.4 Å². The highest BCUT2D eigenvalue weighted by Crippen LogP contribution is 2.29. The number of benzene rings is 1. The van der Waals surface area contributed by atoms with Crippen molar-refractivity contribution in [2.24, 2.45) is 0 Å². The monoisotopic (exact) mass is 302 g/mol. The van der Waals surface area contributed by atoms with Gasteiger partial charge in [0.05, 0.1) is 0 Å². The topological polar surface area (TPSA) is 32.3 Å². The van der Waals surface area contributed by atoms with Crippen molar-refractivity contribution in [3.63, 3.8) is 0 Å². The van der Waals surface area contributed by atoms with Gasteiger partial charge in [-0.15, -0.1) is 0 Å². The molecule has 0 N–H and O–H groups in total. The first-order valence-corrected chi connectivity index (χ1v) is 8.28. The normalized spacial score (nSPS) is 17.1. The Kier molecular flexibility index (Phi) is 4.22. The van der Waals surface area contributed by atoms with Gasteiger partial charge in [-0.05, 0) is 56.0 Å². The predicted molar refractivity (Wildman–Crippen MR) is 88.9 cm³/mol. The van der Waals surface area contributed by atoms with Gasteiger partial charge in [0, 0.05) is 25.7 Å². The summed E-state index contributed by atoms with van der Waals surface area (Å²) in [5.41, 5.74) is 2.54. The molecule has 1 fully saturated rings. The fourth-order valence-electron chi connectivity index (χ4n) is 2.79. The number of aromatic nitrogens is 2. The van der Waals surface area contributed by atoms with Crippen LogP contribution in [0.25, 0.3) is 10.6 Å². The van der Waals surface area contributed by atoms with Gasteiger partial charge < -0.3 is 4.90 Å². The number of likely N-dealkylation sites (tertiary alicyclic amines) is 1. The van der Waals surface area contributed by atoms with E-state index in [9.17, 15) is 0 Å². The molecule has 1 aliphatic rings. The third kappa shape index (κ3) is 3.09. The Morgan fingerprint density at radius 3 is 2.67 bits per heavy atom. The molecule has 1 aliphatic heterocycles. The van der Waals surface area contributed by atoms with Crippen LogP contribution in [0.2, 0.25) is 0 Å². The van der Waals surface area contributed by atoms with E-state index in [0.717, 1.165) is 11.0 Å². The summed E-state index contributed by atoms with van der Waals surface area (Å²) in [6.07, 6.45) is 2.65. The van der Waals surface area contributed by atoms with Gasteiger partial charge in [0.1, 0.15) is 5.01 Å². The van der Waals surface area contributed by atoms with Crippen molar-refractivity contribution in [1.82, 2.24) is 14.3 Å². The van der Waals surface area contributed by atoms with Gasteiger partial charge in [-0.1, -0.05) is 18.2 Å². The minimum atomic E-state index is 0.480. The summed E-state index contributed by atoms with van der Waals surface area (Å²) in [7, 11) is 3.94. The summed E-state index contributed by atoms with van der Waals surface area (Å²) < 4.78 is 4.39. The Balaban J connectivity index is 1.84. The second-order valence-corrected chi connectivity index (χ2v) is 6.59. The molecule has 1 aromatic carbocycles. The summed E-state index contributed by atoms with van der Waals surface area (Å²) in [4.78, 5) is 9.10. The summed E-state index contributed by atoms with van der Waals surface area (Å²) >= 11 is 1.47. The largest absolute Gasteiger partial charge is 0.346 e. The highest BCUT2D eigenvalue weighted by molar-refractivity contribution is 7.09. The zero-order chi connectivity index (χ0) is 14.8. The number of rotatable bonds is 4. The Bertz CT molecular complexity index is 602. The van der Waals surface area contributed by atoms with E-state index in [1.807, 2.05) is 19.0 Å². The molecule has 2 heterocycles. The molecule has 1 unspecified atom stereocenters. The van der Waals surface area contributed by atoms with E-state index in [1.54, 1.807) is 0 Å². The van der Waals surface area contributed by atoms with E-state index in [0.29, 0.717) is 6.04 Å². The highest BCUT2D eigenvalue weighted by atomic mass is 32.1. The van der Waals surface area contributed by atoms with Crippen LogP contribution in [0.15, 0.2) is 24.3 Å². The molecular weight excluding hydrogens is 280 g/mol. The second-order valence-electron chi connectivity index (χ2n) is 5.84. The van der Waals surface area contributed by atoms with E-state index in [4.69, 9.17) is 0 Å². The molecular formula is C16H22N4S. The third-order valence-corrected chi connectivity index (χ3v) is 4.87. The lowest BCUT2D eigenvalue weighted by molar-refractivity contribution is 0.263. The Hall–Kier alpha value is -1.46. The highest BCUT2D eigenvalue weighted by Gasteiger charge is 2.20. The van der Waals surface area contributed by atoms with Gasteiger partial charge in [-0.3, -0.25) is 4.90 Å². The molecule has 21 heavy (non-hydrogen) atoms. The van der Waals surface area contributed by atoms with Gasteiger partial charge in [0.25, 0.3) is 0 Å². The minimum Gasteiger partial charge on any atom is -0.346 e. The molecule has 0 bridgehead atoms. The first kappa shape index (κ1) is 14.5. The summed E-state index contributed by atoms with van der Waals surface area (Å²) in [5, 5.41) is 0.995. The van der Waals surface area contributed by atoms with E-state index in [1.165, 1.54) is 48.6 Å². The molecule has 0 aliphatic carbocycles. The average Bonchev–Trinajstić information content (AvgIpc) is 3.18. The lowest BCUT2D eigenvalue weighted by atomic mass is 10.0. The van der Waals surface area contributed by atoms with Crippen LogP contribution in [-0.2, 0) is 0 Å². The molecule has 1 atom stereocenters. The first-order chi connectivity index (χ1) is 10.1. The van der Waals surface area contributed by atoms with Crippen LogP contribution in [0.4, 0.5) is 5.95 Å². The van der Waals surface area contributed by atoms with E-state index >= 15 is 0 Å². The SMILES string of the molecule is CC(c1cccc(-c2nc(N(C)C)ns2)c1)N1CCCC1. The summed E-state index contributed by atoms with van der Waals surface area (Å²) in [6.45, 7) is 4.74. The van der Waals surface area contributed by atoms with Gasteiger partial charge in [-0.25, -0.2) is 0 Å². The molecule has 2 aromatic rings. The first-order valence-electron chi connectivity index (χ1n) is 7.50. The maximum Gasteiger partial charge on any atom is 0.237 e. The Morgan fingerprint density at radius 1 is 1.24 bits per heavy atom. The smallest absolute Gasteiger partial charge is 0.237 e. The maximum absolute atomic E-state index is 4.60. The van der Waals surface area contributed by atoms with Crippen molar-refractivity contribution in [2.45, 2.75) is 25.8 Å². The molecule has 0 spiro atoms. The molecule has 1 saturated heterocycles. The summed E-state index contributed by atoms with van der Waals surface area (Å²) in [5.74, 6) is 0.785. The van der Waals surface area contributed by atoms with E-state index in [-0.39, 0.29) is 0 Å². The van der Waals surface area contributed by atoms with E-state index in [2.05, 4.69) is 45.4 Å². The van der Waals surface area contributed by atoms with Gasteiger partial charge in [0.15, 0.2) is 0 Å². The van der Waals surface area contributed by atoms with Gasteiger partial charge in [-0.2, -0.15) is 9.36 Å². The lowest BCUT2D eigenvalue weighted by Gasteiger charge is -2.24. The van der Waals surface area contributed by atoms with Crippen molar-refractivity contribution in [2.75, 3.05) is 32.1 Å². The van der Waals surface area contributed by atoms with E-state index < -0.39 is 0 Å². The summed E-state index contributed by atoms with van der Waals surface area (Å²) in [6, 6.07) is 9.23. The molecule has 1 aromatic heterocycles. The van der Waals surface area contributed by atoms with Gasteiger partial charge >= 0.3 is 0 Å². The van der Waals surface area contributed by atoms with Crippen LogP contribution in [0.5, 0.6) is 0 Å². The fourth-order valence-corrected chi connectivity index (χ4v) is 3.51. The third-order valence-electron chi connectivity index (χ3n) is 4.12. The van der Waals surface area contributed by atoms with Crippen molar-refractivity contribution < 1.29 is 0 Å². The second kappa shape index (κ2) is 6.12. The van der Waals surface area contributed by atoms with Gasteiger partial charge in [0.2, 0.25) is 5.95 Å². The number of anilines is 1. The maximum atomic E-state index is 4.60. The molecule has 112 valence electrons. The molecule has 3 rings (SSSR count). The van der Waals surface area contributed by atoms with Crippen LogP contribution < -0.4 is 4.90 Å².